The van der Waals surface area contributed by atoms with E-state index in [1.165, 1.54) is 22.7 Å². The largest absolute Gasteiger partial charge is 0.250 e. The Morgan fingerprint density at radius 2 is 2.11 bits per heavy atom. The van der Waals surface area contributed by atoms with Crippen molar-refractivity contribution in [2.24, 2.45) is 0 Å². The molecule has 0 aliphatic heterocycles. The molecule has 1 N–H and O–H groups in total. The monoisotopic (exact) mass is 366 g/mol. The van der Waals surface area contributed by atoms with Crippen LogP contribution in [0.25, 0.3) is 0 Å². The standard InChI is InChI=1S/C10H11BrN2O2S3/c1-6-3-9(17-10(6)11)18(14,15)13-5-8-4-12-7(2)16-8/h3-4,13H,5H2,1-2H3. The van der Waals surface area contributed by atoms with Crippen LogP contribution in [0, 0.1) is 13.8 Å². The predicted octanol–water partition coefficient (Wildman–Crippen LogP) is 3.06. The van der Waals surface area contributed by atoms with E-state index in [-0.39, 0.29) is 6.54 Å². The Labute approximate surface area is 122 Å². The van der Waals surface area contributed by atoms with Gasteiger partial charge in [0.15, 0.2) is 0 Å². The van der Waals surface area contributed by atoms with Crippen LogP contribution in [0.3, 0.4) is 0 Å². The van der Waals surface area contributed by atoms with Crippen LogP contribution >= 0.6 is 38.6 Å². The number of sulfonamides is 1. The molecule has 0 radical (unpaired) electrons. The summed E-state index contributed by atoms with van der Waals surface area (Å²) in [5, 5.41) is 0.930. The molecule has 0 amide bonds. The average Bonchev–Trinajstić information content (AvgIpc) is 2.84. The van der Waals surface area contributed by atoms with Gasteiger partial charge < -0.3 is 0 Å². The van der Waals surface area contributed by atoms with E-state index < -0.39 is 10.0 Å². The maximum Gasteiger partial charge on any atom is 0.250 e. The molecule has 0 aliphatic rings. The number of hydrogen-bond donors (Lipinski definition) is 1. The molecule has 0 bridgehead atoms. The fraction of sp³-hybridized carbons (Fsp3) is 0.300. The number of thiophene rings is 1. The van der Waals surface area contributed by atoms with Gasteiger partial charge in [-0.15, -0.1) is 22.7 Å². The zero-order chi connectivity index (χ0) is 13.3. The quantitative estimate of drug-likeness (QED) is 0.904. The first-order valence-electron chi connectivity index (χ1n) is 5.05. The Hall–Kier alpha value is -0.280. The molecule has 2 rings (SSSR count). The first-order valence-corrected chi connectivity index (χ1v) is 8.96. The van der Waals surface area contributed by atoms with E-state index in [2.05, 4.69) is 25.6 Å². The lowest BCUT2D eigenvalue weighted by Crippen LogP contribution is -2.21. The van der Waals surface area contributed by atoms with E-state index >= 15 is 0 Å². The third-order valence-corrected chi connectivity index (χ3v) is 7.13. The lowest BCUT2D eigenvalue weighted by Gasteiger charge is -2.02. The number of aromatic nitrogens is 1. The number of aryl methyl sites for hydroxylation is 2. The Kier molecular flexibility index (Phi) is 4.22. The van der Waals surface area contributed by atoms with Crippen molar-refractivity contribution >= 4 is 48.6 Å². The van der Waals surface area contributed by atoms with Crippen molar-refractivity contribution in [2.75, 3.05) is 0 Å². The minimum Gasteiger partial charge on any atom is -0.250 e. The molecule has 0 atom stereocenters. The molecule has 0 unspecified atom stereocenters. The van der Waals surface area contributed by atoms with E-state index in [0.29, 0.717) is 4.21 Å². The SMILES string of the molecule is Cc1ncc(CNS(=O)(=O)c2cc(C)c(Br)s2)s1. The van der Waals surface area contributed by atoms with Gasteiger partial charge in [-0.25, -0.2) is 18.1 Å². The highest BCUT2D eigenvalue weighted by atomic mass is 79.9. The molecule has 0 saturated heterocycles. The fourth-order valence-corrected chi connectivity index (χ4v) is 5.39. The summed E-state index contributed by atoms with van der Waals surface area (Å²) in [5.41, 5.74) is 0.925. The zero-order valence-corrected chi connectivity index (χ0v) is 13.8. The van der Waals surface area contributed by atoms with Crippen LogP contribution in [-0.2, 0) is 16.6 Å². The van der Waals surface area contributed by atoms with Crippen LogP contribution in [-0.4, -0.2) is 13.4 Å². The predicted molar refractivity (Wildman–Crippen MR) is 77.6 cm³/mol. The minimum absolute atomic E-state index is 0.280. The van der Waals surface area contributed by atoms with Crippen molar-refractivity contribution < 1.29 is 8.42 Å². The molecule has 0 aromatic carbocycles. The maximum atomic E-state index is 12.0. The summed E-state index contributed by atoms with van der Waals surface area (Å²) in [6, 6.07) is 1.66. The third-order valence-electron chi connectivity index (χ3n) is 2.21. The van der Waals surface area contributed by atoms with Gasteiger partial charge in [-0.3, -0.25) is 0 Å². The van der Waals surface area contributed by atoms with Crippen LogP contribution < -0.4 is 4.72 Å². The zero-order valence-electron chi connectivity index (χ0n) is 9.73. The number of rotatable bonds is 4. The second-order valence-corrected chi connectivity index (χ2v) is 9.38. The lowest BCUT2D eigenvalue weighted by atomic mass is 10.4. The van der Waals surface area contributed by atoms with Gasteiger partial charge in [-0.2, -0.15) is 0 Å². The van der Waals surface area contributed by atoms with Crippen molar-refractivity contribution in [3.63, 3.8) is 0 Å². The van der Waals surface area contributed by atoms with Crippen molar-refractivity contribution in [3.8, 4) is 0 Å². The summed E-state index contributed by atoms with van der Waals surface area (Å²) >= 11 is 6.03. The number of halogens is 1. The number of nitrogens with one attached hydrogen (secondary N) is 1. The smallest absolute Gasteiger partial charge is 0.250 e. The highest BCUT2D eigenvalue weighted by molar-refractivity contribution is 9.11. The van der Waals surface area contributed by atoms with Gasteiger partial charge in [0.2, 0.25) is 10.0 Å². The van der Waals surface area contributed by atoms with Crippen molar-refractivity contribution in [1.29, 1.82) is 0 Å². The molecular formula is C10H11BrN2O2S3. The van der Waals surface area contributed by atoms with Gasteiger partial charge in [0.25, 0.3) is 0 Å². The van der Waals surface area contributed by atoms with Gasteiger partial charge in [-0.05, 0) is 41.4 Å². The molecule has 18 heavy (non-hydrogen) atoms. The molecule has 0 aliphatic carbocycles. The maximum absolute atomic E-state index is 12.0. The first kappa shape index (κ1) is 14.1. The van der Waals surface area contributed by atoms with Crippen molar-refractivity contribution in [2.45, 2.75) is 24.6 Å². The molecule has 2 aromatic heterocycles. The Morgan fingerprint density at radius 1 is 1.39 bits per heavy atom. The minimum atomic E-state index is -3.43. The topological polar surface area (TPSA) is 59.1 Å². The van der Waals surface area contributed by atoms with Gasteiger partial charge >= 0.3 is 0 Å². The molecular weight excluding hydrogens is 356 g/mol. The molecule has 0 fully saturated rings. The molecule has 2 aromatic rings. The molecule has 8 heteroatoms. The van der Waals surface area contributed by atoms with Crippen molar-refractivity contribution in [1.82, 2.24) is 9.71 Å². The highest BCUT2D eigenvalue weighted by Gasteiger charge is 2.18. The Balaban J connectivity index is 2.12. The summed E-state index contributed by atoms with van der Waals surface area (Å²) in [6.07, 6.45) is 1.69. The second-order valence-electron chi connectivity index (χ2n) is 3.69. The summed E-state index contributed by atoms with van der Waals surface area (Å²) in [4.78, 5) is 4.99. The van der Waals surface area contributed by atoms with E-state index in [1.807, 2.05) is 13.8 Å². The van der Waals surface area contributed by atoms with Gasteiger partial charge in [-0.1, -0.05) is 0 Å². The number of hydrogen-bond acceptors (Lipinski definition) is 5. The first-order chi connectivity index (χ1) is 8.38. The second kappa shape index (κ2) is 5.38. The lowest BCUT2D eigenvalue weighted by molar-refractivity contribution is 0.584. The molecule has 4 nitrogen and oxygen atoms in total. The third kappa shape index (κ3) is 3.18. The van der Waals surface area contributed by atoms with E-state index in [9.17, 15) is 8.42 Å². The normalized spacial score (nSPS) is 11.9. The van der Waals surface area contributed by atoms with E-state index in [4.69, 9.17) is 0 Å². The summed E-state index contributed by atoms with van der Waals surface area (Å²) < 4.78 is 27.8. The van der Waals surface area contributed by atoms with Crippen LogP contribution in [0.4, 0.5) is 0 Å². The van der Waals surface area contributed by atoms with E-state index in [0.717, 1.165) is 19.2 Å². The molecule has 98 valence electrons. The van der Waals surface area contributed by atoms with Crippen LogP contribution in [0.15, 0.2) is 20.3 Å². The molecule has 2 heterocycles. The highest BCUT2D eigenvalue weighted by Crippen LogP contribution is 2.30. The van der Waals surface area contributed by atoms with Crippen LogP contribution in [0.1, 0.15) is 15.4 Å². The average molecular weight is 367 g/mol. The van der Waals surface area contributed by atoms with Gasteiger partial charge in [0.1, 0.15) is 4.21 Å². The summed E-state index contributed by atoms with van der Waals surface area (Å²) in [7, 11) is -3.43. The summed E-state index contributed by atoms with van der Waals surface area (Å²) in [5.74, 6) is 0. The van der Waals surface area contributed by atoms with Crippen LogP contribution in [0.5, 0.6) is 0 Å². The molecule has 0 saturated carbocycles. The number of thiazole rings is 1. The van der Waals surface area contributed by atoms with Gasteiger partial charge in [0.05, 0.1) is 8.79 Å². The fourth-order valence-electron chi connectivity index (χ4n) is 1.29. The van der Waals surface area contributed by atoms with Gasteiger partial charge in [0, 0.05) is 17.6 Å². The Morgan fingerprint density at radius 3 is 2.61 bits per heavy atom. The number of nitrogens with zero attached hydrogens (tertiary/aromatic N) is 1. The Bertz CT molecular complexity index is 641. The summed E-state index contributed by atoms with van der Waals surface area (Å²) in [6.45, 7) is 4.04. The van der Waals surface area contributed by atoms with Crippen LogP contribution in [0.2, 0.25) is 0 Å². The van der Waals surface area contributed by atoms with Crippen molar-refractivity contribution in [3.05, 3.63) is 31.5 Å². The van der Waals surface area contributed by atoms with E-state index in [1.54, 1.807) is 12.3 Å². The molecule has 0 spiro atoms.